The second kappa shape index (κ2) is 15.7. The first kappa shape index (κ1) is 43.3. The second-order valence-electron chi connectivity index (χ2n) is 20.1. The number of esters is 2. The van der Waals surface area contributed by atoms with E-state index in [0.29, 0.717) is 43.9 Å². The minimum Gasteiger partial charge on any atom is -0.507 e. The SMILES string of the molecule is CC1C(OC(=O)CCc2cc(C(C)(C)C)c(O)c(C(C)(C)C)c2)CC(C)(C)N(CCOC(=O)CCc2cc(C(C)(C)C)c(O)c(C(C)(C)C)c2)C1C. The van der Waals surface area contributed by atoms with Gasteiger partial charge < -0.3 is 19.7 Å². The van der Waals surface area contributed by atoms with Crippen molar-refractivity contribution in [3.63, 3.8) is 0 Å². The molecule has 2 aromatic carbocycles. The van der Waals surface area contributed by atoms with E-state index in [2.05, 4.69) is 116 Å². The van der Waals surface area contributed by atoms with E-state index in [1.165, 1.54) is 0 Å². The molecular formula is C45H71NO6. The summed E-state index contributed by atoms with van der Waals surface area (Å²) >= 11 is 0. The summed E-state index contributed by atoms with van der Waals surface area (Å²) < 4.78 is 11.9. The van der Waals surface area contributed by atoms with Crippen molar-refractivity contribution in [2.75, 3.05) is 13.2 Å². The molecule has 0 spiro atoms. The van der Waals surface area contributed by atoms with E-state index >= 15 is 0 Å². The predicted molar refractivity (Wildman–Crippen MR) is 213 cm³/mol. The Morgan fingerprint density at radius 3 is 1.42 bits per heavy atom. The number of hydrogen-bond acceptors (Lipinski definition) is 7. The zero-order chi connectivity index (χ0) is 39.8. The summed E-state index contributed by atoms with van der Waals surface area (Å²) in [4.78, 5) is 28.6. The number of aryl methyl sites for hydroxylation is 2. The molecule has 7 nitrogen and oxygen atoms in total. The van der Waals surface area contributed by atoms with Crippen molar-refractivity contribution in [1.29, 1.82) is 0 Å². The predicted octanol–water partition coefficient (Wildman–Crippen LogP) is 9.82. The lowest BCUT2D eigenvalue weighted by Gasteiger charge is -2.52. The van der Waals surface area contributed by atoms with Crippen LogP contribution in [-0.4, -0.2) is 57.9 Å². The quantitative estimate of drug-likeness (QED) is 0.236. The maximum absolute atomic E-state index is 13.3. The standard InChI is InChI=1S/C45H71NO6/c1-28-29(2)46(21-22-51-37(47)19-17-30-23-32(41(3,4)5)39(49)33(24-30)42(6,7)8)45(15,16)27-36(28)52-38(48)20-18-31-25-34(43(9,10)11)40(50)35(26-31)44(12,13)14/h23-26,28-29,36,49-50H,17-22,27H2,1-16H3. The van der Waals surface area contributed by atoms with Crippen molar-refractivity contribution in [3.05, 3.63) is 57.6 Å². The molecule has 3 rings (SSSR count). The van der Waals surface area contributed by atoms with Crippen LogP contribution < -0.4 is 0 Å². The summed E-state index contributed by atoms with van der Waals surface area (Å²) in [7, 11) is 0. The number of likely N-dealkylation sites (tertiary alicyclic amines) is 1. The fourth-order valence-electron chi connectivity index (χ4n) is 7.61. The number of benzene rings is 2. The molecule has 0 saturated carbocycles. The van der Waals surface area contributed by atoms with Crippen molar-refractivity contribution >= 4 is 11.9 Å². The fourth-order valence-corrected chi connectivity index (χ4v) is 7.61. The van der Waals surface area contributed by atoms with E-state index in [-0.39, 0.29) is 70.0 Å². The van der Waals surface area contributed by atoms with Crippen LogP contribution in [0.5, 0.6) is 11.5 Å². The van der Waals surface area contributed by atoms with E-state index in [9.17, 15) is 19.8 Å². The van der Waals surface area contributed by atoms with Crippen molar-refractivity contribution in [2.45, 2.75) is 182 Å². The molecule has 1 aliphatic heterocycles. The Bertz CT molecular complexity index is 1510. The normalized spacial score (nSPS) is 20.1. The van der Waals surface area contributed by atoms with Gasteiger partial charge in [0.2, 0.25) is 0 Å². The lowest BCUT2D eigenvalue weighted by atomic mass is 9.78. The molecule has 52 heavy (non-hydrogen) atoms. The van der Waals surface area contributed by atoms with Gasteiger partial charge in [-0.25, -0.2) is 0 Å². The van der Waals surface area contributed by atoms with E-state index in [0.717, 1.165) is 33.4 Å². The number of rotatable bonds is 10. The summed E-state index contributed by atoms with van der Waals surface area (Å²) in [5.41, 5.74) is 4.45. The van der Waals surface area contributed by atoms with Gasteiger partial charge in [-0.15, -0.1) is 0 Å². The van der Waals surface area contributed by atoms with Gasteiger partial charge in [-0.3, -0.25) is 14.5 Å². The van der Waals surface area contributed by atoms with Crippen molar-refractivity contribution in [3.8, 4) is 11.5 Å². The van der Waals surface area contributed by atoms with Crippen molar-refractivity contribution in [2.24, 2.45) is 5.92 Å². The van der Waals surface area contributed by atoms with Gasteiger partial charge >= 0.3 is 11.9 Å². The number of aromatic hydroxyl groups is 2. The molecule has 292 valence electrons. The van der Waals surface area contributed by atoms with E-state index < -0.39 is 0 Å². The van der Waals surface area contributed by atoms with E-state index in [1.54, 1.807) is 0 Å². The average Bonchev–Trinajstić information content (AvgIpc) is 2.97. The molecular weight excluding hydrogens is 650 g/mol. The second-order valence-corrected chi connectivity index (χ2v) is 20.1. The Hall–Kier alpha value is -3.06. The number of ether oxygens (including phenoxy) is 2. The molecule has 3 atom stereocenters. The molecule has 1 heterocycles. The monoisotopic (exact) mass is 722 g/mol. The van der Waals surface area contributed by atoms with Gasteiger partial charge in [0.25, 0.3) is 0 Å². The number of carbonyl (C=O) groups excluding carboxylic acids is 2. The molecule has 1 saturated heterocycles. The van der Waals surface area contributed by atoms with Gasteiger partial charge in [0, 0.05) is 43.3 Å². The topological polar surface area (TPSA) is 96.3 Å². The number of phenols is 2. The third kappa shape index (κ3) is 10.8. The first-order valence-corrected chi connectivity index (χ1v) is 19.4. The Kier molecular flexibility index (Phi) is 13.1. The molecule has 3 unspecified atom stereocenters. The van der Waals surface area contributed by atoms with Crippen molar-refractivity contribution in [1.82, 2.24) is 4.90 Å². The summed E-state index contributed by atoms with van der Waals surface area (Å²) in [6.07, 6.45) is 2.10. The van der Waals surface area contributed by atoms with E-state index in [4.69, 9.17) is 9.47 Å². The third-order valence-corrected chi connectivity index (χ3v) is 11.0. The van der Waals surface area contributed by atoms with Crippen LogP contribution >= 0.6 is 0 Å². The first-order chi connectivity index (χ1) is 23.5. The molecule has 1 aliphatic rings. The van der Waals surface area contributed by atoms with Gasteiger partial charge in [0.1, 0.15) is 24.2 Å². The highest BCUT2D eigenvalue weighted by atomic mass is 16.5. The summed E-state index contributed by atoms with van der Waals surface area (Å²) in [6, 6.07) is 8.25. The number of piperidine rings is 1. The zero-order valence-electron chi connectivity index (χ0n) is 35.5. The van der Waals surface area contributed by atoms with Crippen LogP contribution in [0.1, 0.15) is 163 Å². The van der Waals surface area contributed by atoms with Crippen LogP contribution in [0.15, 0.2) is 24.3 Å². The molecule has 0 aliphatic carbocycles. The molecule has 0 amide bonds. The van der Waals surface area contributed by atoms with Crippen LogP contribution in [0.2, 0.25) is 0 Å². The van der Waals surface area contributed by atoms with Crippen LogP contribution in [0, 0.1) is 5.92 Å². The highest BCUT2D eigenvalue weighted by Crippen LogP contribution is 2.42. The van der Waals surface area contributed by atoms with Crippen molar-refractivity contribution < 1.29 is 29.3 Å². The molecule has 0 bridgehead atoms. The van der Waals surface area contributed by atoms with Gasteiger partial charge in [0.15, 0.2) is 0 Å². The Balaban J connectivity index is 1.59. The molecule has 7 heteroatoms. The van der Waals surface area contributed by atoms with Crippen LogP contribution in [0.25, 0.3) is 0 Å². The molecule has 0 radical (unpaired) electrons. The first-order valence-electron chi connectivity index (χ1n) is 19.4. The fraction of sp³-hybridized carbons (Fsp3) is 0.689. The third-order valence-electron chi connectivity index (χ3n) is 11.0. The van der Waals surface area contributed by atoms with Gasteiger partial charge in [0.05, 0.1) is 0 Å². The smallest absolute Gasteiger partial charge is 0.306 e. The minimum atomic E-state index is -0.262. The Morgan fingerprint density at radius 2 is 1.06 bits per heavy atom. The maximum Gasteiger partial charge on any atom is 0.306 e. The zero-order valence-corrected chi connectivity index (χ0v) is 35.5. The summed E-state index contributed by atoms with van der Waals surface area (Å²) in [5.74, 6) is 0.348. The number of carbonyl (C=O) groups is 2. The number of hydrogen-bond donors (Lipinski definition) is 2. The summed E-state index contributed by atoms with van der Waals surface area (Å²) in [6.45, 7) is 34.6. The molecule has 2 aromatic rings. The number of phenolic OH excluding ortho intramolecular Hbond substituents is 2. The lowest BCUT2D eigenvalue weighted by Crippen LogP contribution is -2.61. The highest BCUT2D eigenvalue weighted by molar-refractivity contribution is 5.70. The van der Waals surface area contributed by atoms with E-state index in [1.807, 2.05) is 24.3 Å². The lowest BCUT2D eigenvalue weighted by molar-refractivity contribution is -0.164. The Morgan fingerprint density at radius 1 is 0.692 bits per heavy atom. The summed E-state index contributed by atoms with van der Waals surface area (Å²) in [5, 5.41) is 22.1. The Labute approximate surface area is 315 Å². The molecule has 1 fully saturated rings. The minimum absolute atomic E-state index is 0.102. The van der Waals surface area contributed by atoms with Crippen LogP contribution in [-0.2, 0) is 53.6 Å². The van der Waals surface area contributed by atoms with Crippen LogP contribution in [0.4, 0.5) is 0 Å². The van der Waals surface area contributed by atoms with Gasteiger partial charge in [-0.05, 0) is 88.7 Å². The molecule has 2 N–H and O–H groups in total. The van der Waals surface area contributed by atoms with Gasteiger partial charge in [-0.2, -0.15) is 0 Å². The molecule has 0 aromatic heterocycles. The number of nitrogens with zero attached hydrogens (tertiary/aromatic N) is 1. The maximum atomic E-state index is 13.3. The average molecular weight is 722 g/mol. The highest BCUT2D eigenvalue weighted by Gasteiger charge is 2.44. The van der Waals surface area contributed by atoms with Gasteiger partial charge in [-0.1, -0.05) is 114 Å². The van der Waals surface area contributed by atoms with Crippen LogP contribution in [0.3, 0.4) is 0 Å². The largest absolute Gasteiger partial charge is 0.507 e.